The lowest BCUT2D eigenvalue weighted by Crippen LogP contribution is -2.31. The number of fused-ring (bicyclic) bond motifs is 1. The molecule has 1 aliphatic rings. The topological polar surface area (TPSA) is 74.6 Å². The number of rotatable bonds is 7. The van der Waals surface area contributed by atoms with Gasteiger partial charge in [0.2, 0.25) is 0 Å². The molecule has 1 aliphatic carbocycles. The van der Waals surface area contributed by atoms with Gasteiger partial charge in [0, 0.05) is 23.4 Å². The van der Waals surface area contributed by atoms with E-state index in [1.165, 1.54) is 18.4 Å². The third kappa shape index (κ3) is 4.21. The first-order chi connectivity index (χ1) is 15.1. The zero-order chi connectivity index (χ0) is 21.8. The van der Waals surface area contributed by atoms with Crippen LogP contribution in [0, 0.1) is 0 Å². The SMILES string of the molecule is COc1cc(OC)c(C(=O)NC2CCCc3c2cnn3Cc2ccccc2)cc1OC. The van der Waals surface area contributed by atoms with Crippen LogP contribution in [-0.2, 0) is 13.0 Å². The second-order valence-electron chi connectivity index (χ2n) is 7.52. The molecule has 0 bridgehead atoms. The van der Waals surface area contributed by atoms with E-state index in [0.29, 0.717) is 22.8 Å². The maximum Gasteiger partial charge on any atom is 0.255 e. The number of carbonyl (C=O) groups excluding carboxylic acids is 1. The minimum Gasteiger partial charge on any atom is -0.496 e. The summed E-state index contributed by atoms with van der Waals surface area (Å²) >= 11 is 0. The fraction of sp³-hybridized carbons (Fsp3) is 0.333. The predicted molar refractivity (Wildman–Crippen MR) is 117 cm³/mol. The summed E-state index contributed by atoms with van der Waals surface area (Å²) in [4.78, 5) is 13.2. The monoisotopic (exact) mass is 421 g/mol. The van der Waals surface area contributed by atoms with Crippen molar-refractivity contribution in [1.82, 2.24) is 15.1 Å². The molecule has 1 aromatic heterocycles. The first-order valence-electron chi connectivity index (χ1n) is 10.3. The zero-order valence-corrected chi connectivity index (χ0v) is 18.1. The molecule has 7 heteroatoms. The predicted octanol–water partition coefficient (Wildman–Crippen LogP) is 3.76. The van der Waals surface area contributed by atoms with Crippen LogP contribution in [0.25, 0.3) is 0 Å². The van der Waals surface area contributed by atoms with Crippen LogP contribution in [0.3, 0.4) is 0 Å². The van der Waals surface area contributed by atoms with E-state index in [-0.39, 0.29) is 11.9 Å². The van der Waals surface area contributed by atoms with Crippen molar-refractivity contribution < 1.29 is 19.0 Å². The van der Waals surface area contributed by atoms with Crippen molar-refractivity contribution in [2.75, 3.05) is 21.3 Å². The van der Waals surface area contributed by atoms with E-state index >= 15 is 0 Å². The highest BCUT2D eigenvalue weighted by Crippen LogP contribution is 2.36. The van der Waals surface area contributed by atoms with E-state index in [4.69, 9.17) is 14.2 Å². The Morgan fingerprint density at radius 1 is 1.06 bits per heavy atom. The third-order valence-electron chi connectivity index (χ3n) is 5.69. The second-order valence-corrected chi connectivity index (χ2v) is 7.52. The highest BCUT2D eigenvalue weighted by molar-refractivity contribution is 5.98. The van der Waals surface area contributed by atoms with E-state index in [0.717, 1.165) is 31.4 Å². The molecule has 162 valence electrons. The standard InChI is InChI=1S/C24H27N3O4/c1-29-21-13-23(31-3)22(30-2)12-17(21)24(28)26-19-10-7-11-20-18(19)14-25-27(20)15-16-8-5-4-6-9-16/h4-6,8-9,12-14,19H,7,10-11,15H2,1-3H3,(H,26,28). The number of aromatic nitrogens is 2. The summed E-state index contributed by atoms with van der Waals surface area (Å²) in [6, 6.07) is 13.5. The van der Waals surface area contributed by atoms with Gasteiger partial charge in [-0.15, -0.1) is 0 Å². The fourth-order valence-electron chi connectivity index (χ4n) is 4.10. The quantitative estimate of drug-likeness (QED) is 0.629. The Labute approximate surface area is 181 Å². The largest absolute Gasteiger partial charge is 0.496 e. The van der Waals surface area contributed by atoms with Crippen LogP contribution in [0.4, 0.5) is 0 Å². The van der Waals surface area contributed by atoms with Gasteiger partial charge in [0.15, 0.2) is 11.5 Å². The fourth-order valence-corrected chi connectivity index (χ4v) is 4.10. The Morgan fingerprint density at radius 3 is 2.48 bits per heavy atom. The number of carbonyl (C=O) groups is 1. The van der Waals surface area contributed by atoms with E-state index in [1.807, 2.05) is 29.1 Å². The average Bonchev–Trinajstić information content (AvgIpc) is 3.22. The number of amides is 1. The summed E-state index contributed by atoms with van der Waals surface area (Å²) in [6.07, 6.45) is 4.69. The van der Waals surface area contributed by atoms with Crippen molar-refractivity contribution in [3.8, 4) is 17.2 Å². The lowest BCUT2D eigenvalue weighted by atomic mass is 9.92. The first kappa shape index (κ1) is 20.8. The van der Waals surface area contributed by atoms with Gasteiger partial charge >= 0.3 is 0 Å². The summed E-state index contributed by atoms with van der Waals surface area (Å²) < 4.78 is 18.1. The van der Waals surface area contributed by atoms with Crippen LogP contribution >= 0.6 is 0 Å². The third-order valence-corrected chi connectivity index (χ3v) is 5.69. The highest BCUT2D eigenvalue weighted by atomic mass is 16.5. The summed E-state index contributed by atoms with van der Waals surface area (Å²) in [5.41, 5.74) is 3.87. The molecule has 1 unspecified atom stereocenters. The molecule has 1 heterocycles. The van der Waals surface area contributed by atoms with Gasteiger partial charge in [0.25, 0.3) is 5.91 Å². The summed E-state index contributed by atoms with van der Waals surface area (Å²) in [7, 11) is 4.62. The number of methoxy groups -OCH3 is 3. The maximum atomic E-state index is 13.2. The normalized spacial score (nSPS) is 15.1. The molecule has 0 spiro atoms. The van der Waals surface area contributed by atoms with E-state index in [2.05, 4.69) is 22.5 Å². The molecule has 1 amide bonds. The molecule has 1 atom stereocenters. The van der Waals surface area contributed by atoms with E-state index in [1.54, 1.807) is 26.4 Å². The van der Waals surface area contributed by atoms with Gasteiger partial charge in [-0.1, -0.05) is 30.3 Å². The molecule has 0 fully saturated rings. The van der Waals surface area contributed by atoms with Gasteiger partial charge in [-0.05, 0) is 24.8 Å². The molecular weight excluding hydrogens is 394 g/mol. The molecule has 0 aliphatic heterocycles. The molecule has 0 radical (unpaired) electrons. The Kier molecular flexibility index (Phi) is 6.11. The van der Waals surface area contributed by atoms with Crippen molar-refractivity contribution in [2.24, 2.45) is 0 Å². The van der Waals surface area contributed by atoms with Gasteiger partial charge < -0.3 is 19.5 Å². The van der Waals surface area contributed by atoms with E-state index < -0.39 is 0 Å². The summed E-state index contributed by atoms with van der Waals surface area (Å²) in [5, 5.41) is 7.77. The minimum absolute atomic E-state index is 0.0985. The number of hydrogen-bond acceptors (Lipinski definition) is 5. The Morgan fingerprint density at radius 2 is 1.77 bits per heavy atom. The number of hydrogen-bond donors (Lipinski definition) is 1. The van der Waals surface area contributed by atoms with Crippen LogP contribution in [-0.4, -0.2) is 37.0 Å². The van der Waals surface area contributed by atoms with Gasteiger partial charge in [-0.25, -0.2) is 0 Å². The average molecular weight is 421 g/mol. The zero-order valence-electron chi connectivity index (χ0n) is 18.1. The van der Waals surface area contributed by atoms with Gasteiger partial charge in [-0.3, -0.25) is 9.48 Å². The molecule has 0 saturated carbocycles. The van der Waals surface area contributed by atoms with E-state index in [9.17, 15) is 4.79 Å². The molecule has 3 aromatic rings. The van der Waals surface area contributed by atoms with Crippen molar-refractivity contribution in [3.05, 3.63) is 71.0 Å². The number of benzene rings is 2. The van der Waals surface area contributed by atoms with Crippen molar-refractivity contribution in [3.63, 3.8) is 0 Å². The molecule has 7 nitrogen and oxygen atoms in total. The van der Waals surface area contributed by atoms with Gasteiger partial charge in [-0.2, -0.15) is 5.10 Å². The van der Waals surface area contributed by atoms with Crippen molar-refractivity contribution in [1.29, 1.82) is 0 Å². The molecule has 31 heavy (non-hydrogen) atoms. The van der Waals surface area contributed by atoms with Crippen molar-refractivity contribution >= 4 is 5.91 Å². The number of nitrogens with one attached hydrogen (secondary N) is 1. The first-order valence-corrected chi connectivity index (χ1v) is 10.3. The lowest BCUT2D eigenvalue weighted by molar-refractivity contribution is 0.0929. The Bertz CT molecular complexity index is 1060. The van der Waals surface area contributed by atoms with Gasteiger partial charge in [0.05, 0.1) is 45.7 Å². The smallest absolute Gasteiger partial charge is 0.255 e. The molecule has 2 aromatic carbocycles. The molecule has 1 N–H and O–H groups in total. The second kappa shape index (κ2) is 9.12. The highest BCUT2D eigenvalue weighted by Gasteiger charge is 2.27. The summed E-state index contributed by atoms with van der Waals surface area (Å²) in [5.74, 6) is 1.21. The number of ether oxygens (including phenoxy) is 3. The molecule has 4 rings (SSSR count). The van der Waals surface area contributed by atoms with Crippen LogP contribution in [0.15, 0.2) is 48.7 Å². The Balaban J connectivity index is 1.57. The van der Waals surface area contributed by atoms with Crippen LogP contribution in [0.5, 0.6) is 17.2 Å². The maximum absolute atomic E-state index is 13.2. The van der Waals surface area contributed by atoms with Gasteiger partial charge in [0.1, 0.15) is 5.75 Å². The van der Waals surface area contributed by atoms with Crippen LogP contribution in [0.1, 0.15) is 46.1 Å². The minimum atomic E-state index is -0.216. The van der Waals surface area contributed by atoms with Crippen molar-refractivity contribution in [2.45, 2.75) is 31.8 Å². The lowest BCUT2D eigenvalue weighted by Gasteiger charge is -2.25. The molecule has 0 saturated heterocycles. The Hall–Kier alpha value is -3.48. The van der Waals surface area contributed by atoms with Crippen LogP contribution < -0.4 is 19.5 Å². The number of nitrogens with zero attached hydrogens (tertiary/aromatic N) is 2. The molecular formula is C24H27N3O4. The summed E-state index contributed by atoms with van der Waals surface area (Å²) in [6.45, 7) is 0.723. The van der Waals surface area contributed by atoms with Crippen LogP contribution in [0.2, 0.25) is 0 Å².